The summed E-state index contributed by atoms with van der Waals surface area (Å²) in [6.45, 7) is 0. The molecule has 0 radical (unpaired) electrons. The number of nitrogens with zero attached hydrogens (tertiary/aromatic N) is 3. The zero-order valence-electron chi connectivity index (χ0n) is 7.59. The first-order chi connectivity index (χ1) is 6.90. The van der Waals surface area contributed by atoms with Crippen LogP contribution >= 0.6 is 0 Å². The third-order valence-corrected chi connectivity index (χ3v) is 1.96. The molecule has 0 spiro atoms. The highest BCUT2D eigenvalue weighted by molar-refractivity contribution is 5.35. The average molecular weight is 183 g/mol. The zero-order chi connectivity index (χ0) is 9.80. The maximum atomic E-state index is 8.57. The van der Waals surface area contributed by atoms with Crippen molar-refractivity contribution in [2.24, 2.45) is 0 Å². The predicted octanol–water partition coefficient (Wildman–Crippen LogP) is 1.94. The molecular formula is C11H9N3. The second-order valence-electron chi connectivity index (χ2n) is 2.96. The van der Waals surface area contributed by atoms with Crippen LogP contribution in [0.4, 0.5) is 0 Å². The van der Waals surface area contributed by atoms with E-state index in [2.05, 4.69) is 11.2 Å². The highest BCUT2D eigenvalue weighted by Crippen LogP contribution is 2.09. The van der Waals surface area contributed by atoms with E-state index in [4.69, 9.17) is 5.26 Å². The standard InChI is InChI=1S/C11H9N3/c12-6-5-10-3-1-4-11(9-10)14-8-2-7-13-14/h1-4,7-9H,5H2. The molecule has 3 heteroatoms. The van der Waals surface area contributed by atoms with Crippen LogP contribution in [0.3, 0.4) is 0 Å². The van der Waals surface area contributed by atoms with Crippen LogP contribution in [0.2, 0.25) is 0 Å². The average Bonchev–Trinajstić information content (AvgIpc) is 2.71. The van der Waals surface area contributed by atoms with E-state index in [9.17, 15) is 0 Å². The van der Waals surface area contributed by atoms with Gasteiger partial charge in [0.2, 0.25) is 0 Å². The second kappa shape index (κ2) is 3.75. The van der Waals surface area contributed by atoms with Crippen LogP contribution in [0.1, 0.15) is 5.56 Å². The summed E-state index contributed by atoms with van der Waals surface area (Å²) in [7, 11) is 0. The van der Waals surface area contributed by atoms with Crippen LogP contribution in [-0.4, -0.2) is 9.78 Å². The van der Waals surface area contributed by atoms with Crippen molar-refractivity contribution in [1.29, 1.82) is 5.26 Å². The molecular weight excluding hydrogens is 174 g/mol. The Hall–Kier alpha value is -2.08. The van der Waals surface area contributed by atoms with Gasteiger partial charge in [-0.2, -0.15) is 10.4 Å². The zero-order valence-corrected chi connectivity index (χ0v) is 7.59. The number of rotatable bonds is 2. The summed E-state index contributed by atoms with van der Waals surface area (Å²) in [4.78, 5) is 0. The first-order valence-electron chi connectivity index (χ1n) is 4.36. The molecule has 68 valence electrons. The molecule has 0 bridgehead atoms. The minimum Gasteiger partial charge on any atom is -0.241 e. The number of benzene rings is 1. The molecule has 0 N–H and O–H groups in total. The van der Waals surface area contributed by atoms with E-state index in [1.54, 1.807) is 10.9 Å². The molecule has 2 aromatic rings. The Morgan fingerprint density at radius 2 is 2.29 bits per heavy atom. The van der Waals surface area contributed by atoms with Crippen LogP contribution in [0.5, 0.6) is 0 Å². The second-order valence-corrected chi connectivity index (χ2v) is 2.96. The quantitative estimate of drug-likeness (QED) is 0.713. The molecule has 0 aliphatic heterocycles. The summed E-state index contributed by atoms with van der Waals surface area (Å²) < 4.78 is 1.78. The summed E-state index contributed by atoms with van der Waals surface area (Å²) in [6, 6.07) is 11.8. The minimum atomic E-state index is 0.440. The van der Waals surface area contributed by atoms with Crippen LogP contribution < -0.4 is 0 Å². The fourth-order valence-electron chi connectivity index (χ4n) is 1.32. The lowest BCUT2D eigenvalue weighted by molar-refractivity contribution is 0.878. The van der Waals surface area contributed by atoms with Crippen molar-refractivity contribution in [3.63, 3.8) is 0 Å². The molecule has 1 heterocycles. The molecule has 0 fully saturated rings. The van der Waals surface area contributed by atoms with Gasteiger partial charge in [0.1, 0.15) is 0 Å². The highest BCUT2D eigenvalue weighted by atomic mass is 15.3. The molecule has 0 unspecified atom stereocenters. The monoisotopic (exact) mass is 183 g/mol. The van der Waals surface area contributed by atoms with Crippen molar-refractivity contribution in [3.8, 4) is 11.8 Å². The maximum Gasteiger partial charge on any atom is 0.0669 e. The number of nitriles is 1. The fraction of sp³-hybridized carbons (Fsp3) is 0.0909. The van der Waals surface area contributed by atoms with E-state index in [0.717, 1.165) is 11.3 Å². The summed E-state index contributed by atoms with van der Waals surface area (Å²) in [6.07, 6.45) is 4.05. The molecule has 1 aromatic heterocycles. The van der Waals surface area contributed by atoms with E-state index in [1.807, 2.05) is 36.5 Å². The molecule has 0 saturated carbocycles. The van der Waals surface area contributed by atoms with Crippen LogP contribution in [-0.2, 0) is 6.42 Å². The number of aromatic nitrogens is 2. The Labute approximate surface area is 82.2 Å². The summed E-state index contributed by atoms with van der Waals surface area (Å²) in [5.74, 6) is 0. The predicted molar refractivity (Wildman–Crippen MR) is 52.9 cm³/mol. The normalized spacial score (nSPS) is 9.64. The Morgan fingerprint density at radius 1 is 1.36 bits per heavy atom. The topological polar surface area (TPSA) is 41.6 Å². The van der Waals surface area contributed by atoms with Gasteiger partial charge in [0.25, 0.3) is 0 Å². The van der Waals surface area contributed by atoms with Crippen LogP contribution in [0, 0.1) is 11.3 Å². The molecule has 3 nitrogen and oxygen atoms in total. The molecule has 0 atom stereocenters. The molecule has 0 saturated heterocycles. The van der Waals surface area contributed by atoms with E-state index in [1.165, 1.54) is 0 Å². The molecule has 0 aliphatic carbocycles. The highest BCUT2D eigenvalue weighted by Gasteiger charge is 1.97. The molecule has 14 heavy (non-hydrogen) atoms. The van der Waals surface area contributed by atoms with Gasteiger partial charge < -0.3 is 0 Å². The third-order valence-electron chi connectivity index (χ3n) is 1.96. The maximum absolute atomic E-state index is 8.57. The number of hydrogen-bond acceptors (Lipinski definition) is 2. The first kappa shape index (κ1) is 8.52. The van der Waals surface area contributed by atoms with Gasteiger partial charge >= 0.3 is 0 Å². The summed E-state index contributed by atoms with van der Waals surface area (Å²) in [5.41, 5.74) is 2.00. The van der Waals surface area contributed by atoms with Gasteiger partial charge in [0.15, 0.2) is 0 Å². The first-order valence-corrected chi connectivity index (χ1v) is 4.36. The van der Waals surface area contributed by atoms with Gasteiger partial charge in [0, 0.05) is 12.4 Å². The van der Waals surface area contributed by atoms with Gasteiger partial charge in [-0.25, -0.2) is 4.68 Å². The van der Waals surface area contributed by atoms with Crippen molar-refractivity contribution < 1.29 is 0 Å². The summed E-state index contributed by atoms with van der Waals surface area (Å²) >= 11 is 0. The molecule has 0 aliphatic rings. The summed E-state index contributed by atoms with van der Waals surface area (Å²) in [5, 5.41) is 12.7. The number of hydrogen-bond donors (Lipinski definition) is 0. The van der Waals surface area contributed by atoms with E-state index >= 15 is 0 Å². The SMILES string of the molecule is N#CCc1cccc(-n2cccn2)c1. The Kier molecular flexibility index (Phi) is 2.28. The minimum absolute atomic E-state index is 0.440. The van der Waals surface area contributed by atoms with Gasteiger partial charge in [0.05, 0.1) is 18.2 Å². The molecule has 0 amide bonds. The van der Waals surface area contributed by atoms with E-state index in [0.29, 0.717) is 6.42 Å². The van der Waals surface area contributed by atoms with Crippen LogP contribution in [0.25, 0.3) is 5.69 Å². The van der Waals surface area contributed by atoms with Crippen LogP contribution in [0.15, 0.2) is 42.7 Å². The van der Waals surface area contributed by atoms with E-state index < -0.39 is 0 Å². The van der Waals surface area contributed by atoms with E-state index in [-0.39, 0.29) is 0 Å². The largest absolute Gasteiger partial charge is 0.241 e. The van der Waals surface area contributed by atoms with Gasteiger partial charge in [-0.1, -0.05) is 12.1 Å². The molecule has 1 aromatic carbocycles. The Balaban J connectivity index is 2.37. The van der Waals surface area contributed by atoms with Crippen molar-refractivity contribution >= 4 is 0 Å². The Morgan fingerprint density at radius 3 is 3.00 bits per heavy atom. The lowest BCUT2D eigenvalue weighted by atomic mass is 10.1. The van der Waals surface area contributed by atoms with Crippen molar-refractivity contribution in [3.05, 3.63) is 48.3 Å². The lowest BCUT2D eigenvalue weighted by Crippen LogP contribution is -1.94. The smallest absolute Gasteiger partial charge is 0.0669 e. The van der Waals surface area contributed by atoms with Crippen molar-refractivity contribution in [1.82, 2.24) is 9.78 Å². The Bertz CT molecular complexity index is 452. The lowest BCUT2D eigenvalue weighted by Gasteiger charge is -2.02. The van der Waals surface area contributed by atoms with Crippen molar-refractivity contribution in [2.45, 2.75) is 6.42 Å². The van der Waals surface area contributed by atoms with Crippen molar-refractivity contribution in [2.75, 3.05) is 0 Å². The van der Waals surface area contributed by atoms with Gasteiger partial charge in [-0.3, -0.25) is 0 Å². The van der Waals surface area contributed by atoms with Gasteiger partial charge in [-0.15, -0.1) is 0 Å². The molecule has 2 rings (SSSR count). The van der Waals surface area contributed by atoms with Gasteiger partial charge in [-0.05, 0) is 23.8 Å². The third kappa shape index (κ3) is 1.64. The fourth-order valence-corrected chi connectivity index (χ4v) is 1.32.